The summed E-state index contributed by atoms with van der Waals surface area (Å²) in [6.07, 6.45) is -0.226. The Morgan fingerprint density at radius 2 is 1.76 bits per heavy atom. The first kappa shape index (κ1) is 27.9. The van der Waals surface area contributed by atoms with Crippen molar-refractivity contribution in [2.24, 2.45) is 0 Å². The lowest BCUT2D eigenvalue weighted by Crippen LogP contribution is -2.60. The van der Waals surface area contributed by atoms with Gasteiger partial charge in [0.25, 0.3) is 5.91 Å². The molecule has 2 N–H and O–H groups in total. The molecule has 10 nitrogen and oxygen atoms in total. The number of carbonyl (C=O) groups excluding carboxylic acids is 3. The maximum atomic E-state index is 12.8. The molecule has 37 heavy (non-hydrogen) atoms. The number of piperazine rings is 1. The second-order valence-electron chi connectivity index (χ2n) is 7.92. The van der Waals surface area contributed by atoms with Crippen molar-refractivity contribution in [2.75, 3.05) is 46.1 Å². The van der Waals surface area contributed by atoms with Crippen LogP contribution in [-0.2, 0) is 19.1 Å². The minimum absolute atomic E-state index is 0.0340. The normalized spacial score (nSPS) is 14.9. The highest BCUT2D eigenvalue weighted by Crippen LogP contribution is 2.15. The van der Waals surface area contributed by atoms with Crippen LogP contribution in [0.4, 0.5) is 0 Å². The number of hydrogen-bond acceptors (Lipinski definition) is 8. The first-order chi connectivity index (χ1) is 18.0. The number of nitrogens with one attached hydrogen (secondary N) is 2. The second kappa shape index (κ2) is 14.8. The summed E-state index contributed by atoms with van der Waals surface area (Å²) in [6.45, 7) is 4.17. The van der Waals surface area contributed by atoms with Gasteiger partial charge in [-0.3, -0.25) is 19.7 Å². The largest absolute Gasteiger partial charge is 0.491 e. The number of para-hydroxylation sites is 1. The van der Waals surface area contributed by atoms with Crippen LogP contribution < -0.4 is 20.1 Å². The lowest BCUT2D eigenvalue weighted by atomic mass is 10.1. The molecule has 0 saturated carbocycles. The van der Waals surface area contributed by atoms with Crippen molar-refractivity contribution in [2.45, 2.75) is 19.4 Å². The standard InChI is InChI=1S/C26H31N3O7S/c1-2-33-13-14-35-21-10-6-7-19(17-21)24(31)28-26(37)29-12-11-27-25(32)22(29)18-23(30)36-16-15-34-20-8-4-3-5-9-20/h3-10,17,22H,2,11-16,18H2,1H3,(H,27,32)(H,28,31,37). The van der Waals surface area contributed by atoms with Crippen molar-refractivity contribution in [3.8, 4) is 11.5 Å². The van der Waals surface area contributed by atoms with Gasteiger partial charge in [0.15, 0.2) is 5.11 Å². The van der Waals surface area contributed by atoms with E-state index < -0.39 is 17.9 Å². The highest BCUT2D eigenvalue weighted by molar-refractivity contribution is 7.80. The number of thiocarbonyl (C=S) groups is 1. The molecule has 198 valence electrons. The molecule has 0 aliphatic carbocycles. The van der Waals surface area contributed by atoms with Crippen molar-refractivity contribution in [3.63, 3.8) is 0 Å². The lowest BCUT2D eigenvalue weighted by Gasteiger charge is -2.36. The fourth-order valence-electron chi connectivity index (χ4n) is 3.54. The molecular formula is C26H31N3O7S. The van der Waals surface area contributed by atoms with Crippen LogP contribution in [0.25, 0.3) is 0 Å². The molecule has 2 aromatic carbocycles. The second-order valence-corrected chi connectivity index (χ2v) is 8.31. The topological polar surface area (TPSA) is 115 Å². The van der Waals surface area contributed by atoms with Crippen LogP contribution in [0.2, 0.25) is 0 Å². The molecule has 1 atom stereocenters. The van der Waals surface area contributed by atoms with Crippen LogP contribution in [0.3, 0.4) is 0 Å². The fourth-order valence-corrected chi connectivity index (χ4v) is 3.85. The maximum Gasteiger partial charge on any atom is 0.308 e. The molecule has 2 amide bonds. The van der Waals surface area contributed by atoms with E-state index in [-0.39, 0.29) is 30.7 Å². The van der Waals surface area contributed by atoms with Crippen molar-refractivity contribution in [1.29, 1.82) is 0 Å². The Morgan fingerprint density at radius 3 is 2.54 bits per heavy atom. The van der Waals surface area contributed by atoms with Crippen LogP contribution in [0.15, 0.2) is 54.6 Å². The van der Waals surface area contributed by atoms with Crippen LogP contribution in [0.1, 0.15) is 23.7 Å². The number of amides is 2. The molecule has 1 aliphatic heterocycles. The van der Waals surface area contributed by atoms with Crippen molar-refractivity contribution >= 4 is 35.1 Å². The molecular weight excluding hydrogens is 498 g/mol. The first-order valence-electron chi connectivity index (χ1n) is 12.0. The third kappa shape index (κ3) is 9.03. The molecule has 0 aromatic heterocycles. The monoisotopic (exact) mass is 529 g/mol. The molecule has 11 heteroatoms. The number of hydrogen-bond donors (Lipinski definition) is 2. The number of benzene rings is 2. The predicted octanol–water partition coefficient (Wildman–Crippen LogP) is 1.93. The van der Waals surface area contributed by atoms with E-state index in [1.807, 2.05) is 25.1 Å². The maximum absolute atomic E-state index is 12.8. The molecule has 1 fully saturated rings. The van der Waals surface area contributed by atoms with Gasteiger partial charge in [0, 0.05) is 25.3 Å². The predicted molar refractivity (Wildman–Crippen MR) is 140 cm³/mol. The number of esters is 1. The lowest BCUT2D eigenvalue weighted by molar-refractivity contribution is -0.148. The molecule has 1 unspecified atom stereocenters. The third-order valence-corrected chi connectivity index (χ3v) is 5.66. The van der Waals surface area contributed by atoms with Gasteiger partial charge in [-0.15, -0.1) is 0 Å². The Kier molecular flexibility index (Phi) is 11.1. The molecule has 1 aliphatic rings. The van der Waals surface area contributed by atoms with Crippen LogP contribution >= 0.6 is 12.2 Å². The van der Waals surface area contributed by atoms with Gasteiger partial charge < -0.3 is 29.2 Å². The van der Waals surface area contributed by atoms with Gasteiger partial charge in [-0.05, 0) is 49.5 Å². The highest BCUT2D eigenvalue weighted by Gasteiger charge is 2.34. The molecule has 2 aromatic rings. The van der Waals surface area contributed by atoms with Gasteiger partial charge >= 0.3 is 5.97 Å². The van der Waals surface area contributed by atoms with Crippen molar-refractivity contribution < 1.29 is 33.3 Å². The SMILES string of the molecule is CCOCCOc1cccc(C(=O)NC(=S)N2CCNC(=O)C2CC(=O)OCCOc2ccccc2)c1. The Hall–Kier alpha value is -3.70. The van der Waals surface area contributed by atoms with E-state index in [0.29, 0.717) is 50.0 Å². The van der Waals surface area contributed by atoms with E-state index in [9.17, 15) is 14.4 Å². The summed E-state index contributed by atoms with van der Waals surface area (Å²) in [5.74, 6) is -0.210. The van der Waals surface area contributed by atoms with Gasteiger partial charge in [-0.1, -0.05) is 24.3 Å². The number of carbonyl (C=O) groups is 3. The van der Waals surface area contributed by atoms with E-state index in [2.05, 4.69) is 10.6 Å². The van der Waals surface area contributed by atoms with Gasteiger partial charge in [-0.25, -0.2) is 0 Å². The number of rotatable bonds is 12. The Morgan fingerprint density at radius 1 is 1.03 bits per heavy atom. The minimum atomic E-state index is -0.905. The third-order valence-electron chi connectivity index (χ3n) is 5.33. The van der Waals surface area contributed by atoms with E-state index in [4.69, 9.17) is 31.2 Å². The highest BCUT2D eigenvalue weighted by atomic mass is 32.1. The summed E-state index contributed by atoms with van der Waals surface area (Å²) < 4.78 is 21.6. The average Bonchev–Trinajstić information content (AvgIpc) is 2.91. The summed E-state index contributed by atoms with van der Waals surface area (Å²) in [5, 5.41) is 5.42. The van der Waals surface area contributed by atoms with E-state index >= 15 is 0 Å². The van der Waals surface area contributed by atoms with E-state index in [1.165, 1.54) is 4.90 Å². The summed E-state index contributed by atoms with van der Waals surface area (Å²) >= 11 is 5.42. The van der Waals surface area contributed by atoms with Crippen LogP contribution in [0, 0.1) is 0 Å². The average molecular weight is 530 g/mol. The Balaban J connectivity index is 1.51. The van der Waals surface area contributed by atoms with E-state index in [1.54, 1.807) is 36.4 Å². The van der Waals surface area contributed by atoms with Crippen molar-refractivity contribution in [1.82, 2.24) is 15.5 Å². The molecule has 3 rings (SSSR count). The molecule has 0 radical (unpaired) electrons. The summed E-state index contributed by atoms with van der Waals surface area (Å²) in [5.41, 5.74) is 0.340. The van der Waals surface area contributed by atoms with Gasteiger partial charge in [0.05, 0.1) is 13.0 Å². The molecule has 0 spiro atoms. The zero-order valence-corrected chi connectivity index (χ0v) is 21.5. The fraction of sp³-hybridized carbons (Fsp3) is 0.385. The van der Waals surface area contributed by atoms with Crippen molar-refractivity contribution in [3.05, 3.63) is 60.2 Å². The van der Waals surface area contributed by atoms with E-state index in [0.717, 1.165) is 0 Å². The number of nitrogens with zero attached hydrogens (tertiary/aromatic N) is 1. The van der Waals surface area contributed by atoms with Gasteiger partial charge in [0.1, 0.15) is 37.4 Å². The quantitative estimate of drug-likeness (QED) is 0.242. The molecule has 0 bridgehead atoms. The van der Waals surface area contributed by atoms with Crippen LogP contribution in [0.5, 0.6) is 11.5 Å². The molecule has 1 saturated heterocycles. The minimum Gasteiger partial charge on any atom is -0.491 e. The molecule has 1 heterocycles. The Labute approximate surface area is 221 Å². The van der Waals surface area contributed by atoms with Gasteiger partial charge in [-0.2, -0.15) is 0 Å². The van der Waals surface area contributed by atoms with Crippen LogP contribution in [-0.4, -0.2) is 80.0 Å². The summed E-state index contributed by atoms with van der Waals surface area (Å²) in [6, 6.07) is 14.9. The Bertz CT molecular complexity index is 1070. The zero-order valence-electron chi connectivity index (χ0n) is 20.6. The smallest absolute Gasteiger partial charge is 0.308 e. The first-order valence-corrected chi connectivity index (χ1v) is 12.4. The summed E-state index contributed by atoms with van der Waals surface area (Å²) in [7, 11) is 0. The number of ether oxygens (including phenoxy) is 4. The summed E-state index contributed by atoms with van der Waals surface area (Å²) in [4.78, 5) is 39.3. The van der Waals surface area contributed by atoms with Gasteiger partial charge in [0.2, 0.25) is 5.91 Å². The zero-order chi connectivity index (χ0) is 26.5.